The van der Waals surface area contributed by atoms with E-state index in [0.29, 0.717) is 6.61 Å². The summed E-state index contributed by atoms with van der Waals surface area (Å²) in [6, 6.07) is 4.26. The van der Waals surface area contributed by atoms with Gasteiger partial charge in [0.05, 0.1) is 0 Å². The van der Waals surface area contributed by atoms with E-state index in [2.05, 4.69) is 28.9 Å². The van der Waals surface area contributed by atoms with Gasteiger partial charge in [-0.05, 0) is 43.7 Å². The average Bonchev–Trinajstić information content (AvgIpc) is 2.41. The third-order valence-corrected chi connectivity index (χ3v) is 3.85. The number of aromatic nitrogens is 1. The van der Waals surface area contributed by atoms with Crippen LogP contribution in [0.3, 0.4) is 0 Å². The minimum Gasteiger partial charge on any atom is -0.396 e. The molecule has 0 unspecified atom stereocenters. The maximum atomic E-state index is 8.79. The second-order valence-corrected chi connectivity index (χ2v) is 5.34. The van der Waals surface area contributed by atoms with Gasteiger partial charge in [0.2, 0.25) is 0 Å². The molecule has 0 spiro atoms. The molecule has 0 bridgehead atoms. The minimum absolute atomic E-state index is 0.339. The number of aliphatic hydroxyl groups is 1. The molecule has 0 aromatic carbocycles. The van der Waals surface area contributed by atoms with Gasteiger partial charge in [0.25, 0.3) is 0 Å². The van der Waals surface area contributed by atoms with Gasteiger partial charge in [-0.15, -0.1) is 0 Å². The van der Waals surface area contributed by atoms with Crippen LogP contribution in [0, 0.1) is 12.8 Å². The van der Waals surface area contributed by atoms with Gasteiger partial charge >= 0.3 is 0 Å². The number of pyridine rings is 1. The lowest BCUT2D eigenvalue weighted by atomic mass is 9.91. The molecule has 0 radical (unpaired) electrons. The molecule has 0 saturated carbocycles. The Kier molecular flexibility index (Phi) is 5.00. The maximum absolute atomic E-state index is 8.79. The van der Waals surface area contributed by atoms with Gasteiger partial charge in [0.1, 0.15) is 5.82 Å². The monoisotopic (exact) mass is 248 g/mol. The topological polar surface area (TPSA) is 36.4 Å². The van der Waals surface area contributed by atoms with Crippen molar-refractivity contribution >= 4 is 5.82 Å². The predicted octanol–water partition coefficient (Wildman–Crippen LogP) is 2.77. The molecular weight excluding hydrogens is 224 g/mol. The van der Waals surface area contributed by atoms with Crippen molar-refractivity contribution in [2.24, 2.45) is 5.92 Å². The molecule has 1 aliphatic heterocycles. The zero-order chi connectivity index (χ0) is 12.8. The number of anilines is 1. The van der Waals surface area contributed by atoms with Crippen molar-refractivity contribution in [1.82, 2.24) is 4.98 Å². The third-order valence-electron chi connectivity index (χ3n) is 3.85. The fraction of sp³-hybridized carbons (Fsp3) is 0.667. The van der Waals surface area contributed by atoms with Crippen LogP contribution in [0.15, 0.2) is 18.3 Å². The largest absolute Gasteiger partial charge is 0.396 e. The number of aryl methyl sites for hydroxylation is 1. The molecule has 1 aliphatic rings. The summed E-state index contributed by atoms with van der Waals surface area (Å²) >= 11 is 0. The molecule has 18 heavy (non-hydrogen) atoms. The first kappa shape index (κ1) is 13.3. The van der Waals surface area contributed by atoms with Crippen LogP contribution in [-0.2, 0) is 0 Å². The Balaban J connectivity index is 1.77. The molecule has 1 fully saturated rings. The Morgan fingerprint density at radius 1 is 1.28 bits per heavy atom. The molecule has 1 N–H and O–H groups in total. The van der Waals surface area contributed by atoms with Crippen molar-refractivity contribution in [3.63, 3.8) is 0 Å². The molecular formula is C15H24N2O. The van der Waals surface area contributed by atoms with Gasteiger partial charge in [0.15, 0.2) is 0 Å². The molecule has 2 heterocycles. The zero-order valence-corrected chi connectivity index (χ0v) is 11.3. The van der Waals surface area contributed by atoms with Crippen LogP contribution in [0.1, 0.15) is 37.7 Å². The van der Waals surface area contributed by atoms with Crippen LogP contribution in [0.5, 0.6) is 0 Å². The van der Waals surface area contributed by atoms with Crippen molar-refractivity contribution in [2.45, 2.75) is 39.0 Å². The lowest BCUT2D eigenvalue weighted by Gasteiger charge is -2.32. The van der Waals surface area contributed by atoms with Gasteiger partial charge in [0, 0.05) is 25.9 Å². The molecule has 100 valence electrons. The minimum atomic E-state index is 0.339. The Morgan fingerprint density at radius 2 is 2.06 bits per heavy atom. The van der Waals surface area contributed by atoms with Gasteiger partial charge < -0.3 is 10.0 Å². The van der Waals surface area contributed by atoms with Crippen LogP contribution in [0.2, 0.25) is 0 Å². The molecule has 2 rings (SSSR count). The average molecular weight is 248 g/mol. The molecule has 1 aromatic heterocycles. The van der Waals surface area contributed by atoms with E-state index in [1.807, 2.05) is 6.20 Å². The highest BCUT2D eigenvalue weighted by Gasteiger charge is 2.19. The smallest absolute Gasteiger partial charge is 0.128 e. The summed E-state index contributed by atoms with van der Waals surface area (Å²) in [5.41, 5.74) is 1.22. The molecule has 0 aliphatic carbocycles. The molecule has 0 atom stereocenters. The van der Waals surface area contributed by atoms with E-state index in [9.17, 15) is 0 Å². The molecule has 0 amide bonds. The summed E-state index contributed by atoms with van der Waals surface area (Å²) in [6.07, 6.45) is 7.88. The van der Waals surface area contributed by atoms with E-state index < -0.39 is 0 Å². The first-order valence-corrected chi connectivity index (χ1v) is 7.08. The standard InChI is InChI=1S/C15H24N2O/c1-13-5-6-15(16-12-13)17-9-7-14(8-10-17)4-2-3-11-18/h5-6,12,14,18H,2-4,7-11H2,1H3. The zero-order valence-electron chi connectivity index (χ0n) is 11.3. The van der Waals surface area contributed by atoms with Crippen molar-refractivity contribution in [3.8, 4) is 0 Å². The fourth-order valence-corrected chi connectivity index (χ4v) is 2.64. The predicted molar refractivity (Wildman–Crippen MR) is 74.8 cm³/mol. The van der Waals surface area contributed by atoms with Gasteiger partial charge in [-0.2, -0.15) is 0 Å². The van der Waals surface area contributed by atoms with E-state index in [-0.39, 0.29) is 0 Å². The lowest BCUT2D eigenvalue weighted by molar-refractivity contribution is 0.272. The molecule has 1 aromatic rings. The van der Waals surface area contributed by atoms with Crippen LogP contribution in [-0.4, -0.2) is 29.8 Å². The number of aliphatic hydroxyl groups excluding tert-OH is 1. The highest BCUT2D eigenvalue weighted by atomic mass is 16.2. The highest BCUT2D eigenvalue weighted by Crippen LogP contribution is 2.25. The summed E-state index contributed by atoms with van der Waals surface area (Å²) in [6.45, 7) is 4.66. The number of unbranched alkanes of at least 4 members (excludes halogenated alkanes) is 1. The van der Waals surface area contributed by atoms with Gasteiger partial charge in [-0.25, -0.2) is 4.98 Å². The Labute approximate surface area is 110 Å². The Bertz CT molecular complexity index is 342. The Hall–Kier alpha value is -1.09. The third kappa shape index (κ3) is 3.70. The van der Waals surface area contributed by atoms with E-state index in [0.717, 1.165) is 31.2 Å². The second-order valence-electron chi connectivity index (χ2n) is 5.34. The van der Waals surface area contributed by atoms with Crippen molar-refractivity contribution < 1.29 is 5.11 Å². The summed E-state index contributed by atoms with van der Waals surface area (Å²) in [4.78, 5) is 6.89. The van der Waals surface area contributed by atoms with Crippen LogP contribution < -0.4 is 4.90 Å². The van der Waals surface area contributed by atoms with Gasteiger partial charge in [-0.1, -0.05) is 18.9 Å². The van der Waals surface area contributed by atoms with E-state index >= 15 is 0 Å². The van der Waals surface area contributed by atoms with Crippen LogP contribution in [0.25, 0.3) is 0 Å². The normalized spacial score (nSPS) is 17.1. The number of nitrogens with zero attached hydrogens (tertiary/aromatic N) is 2. The Morgan fingerprint density at radius 3 is 2.67 bits per heavy atom. The second kappa shape index (κ2) is 6.74. The van der Waals surface area contributed by atoms with Gasteiger partial charge in [-0.3, -0.25) is 0 Å². The fourth-order valence-electron chi connectivity index (χ4n) is 2.64. The number of hydrogen-bond acceptors (Lipinski definition) is 3. The van der Waals surface area contributed by atoms with Crippen molar-refractivity contribution in [3.05, 3.63) is 23.9 Å². The first-order valence-electron chi connectivity index (χ1n) is 7.08. The number of hydrogen-bond donors (Lipinski definition) is 1. The van der Waals surface area contributed by atoms with Crippen LogP contribution >= 0.6 is 0 Å². The first-order chi connectivity index (χ1) is 8.79. The SMILES string of the molecule is Cc1ccc(N2CCC(CCCCO)CC2)nc1. The number of rotatable bonds is 5. The van der Waals surface area contributed by atoms with Crippen molar-refractivity contribution in [1.29, 1.82) is 0 Å². The summed E-state index contributed by atoms with van der Waals surface area (Å²) in [5.74, 6) is 1.97. The lowest BCUT2D eigenvalue weighted by Crippen LogP contribution is -2.34. The quantitative estimate of drug-likeness (QED) is 0.814. The summed E-state index contributed by atoms with van der Waals surface area (Å²) < 4.78 is 0. The van der Waals surface area contributed by atoms with E-state index in [1.165, 1.54) is 31.2 Å². The highest BCUT2D eigenvalue weighted by molar-refractivity contribution is 5.39. The van der Waals surface area contributed by atoms with Crippen molar-refractivity contribution in [2.75, 3.05) is 24.6 Å². The van der Waals surface area contributed by atoms with E-state index in [4.69, 9.17) is 5.11 Å². The summed E-state index contributed by atoms with van der Waals surface area (Å²) in [7, 11) is 0. The molecule has 3 heteroatoms. The maximum Gasteiger partial charge on any atom is 0.128 e. The summed E-state index contributed by atoms with van der Waals surface area (Å²) in [5, 5.41) is 8.79. The molecule has 1 saturated heterocycles. The van der Waals surface area contributed by atoms with E-state index in [1.54, 1.807) is 0 Å². The molecule has 3 nitrogen and oxygen atoms in total. The van der Waals surface area contributed by atoms with Crippen LogP contribution in [0.4, 0.5) is 5.82 Å². The number of piperidine rings is 1.